The molecule has 1 aromatic rings. The SMILES string of the molecule is COC(C)(C)CCOc1c(C)cccc1CCl. The van der Waals surface area contributed by atoms with Crippen molar-refractivity contribution < 1.29 is 9.47 Å². The molecule has 0 unspecified atom stereocenters. The highest BCUT2D eigenvalue weighted by Crippen LogP contribution is 2.25. The zero-order valence-corrected chi connectivity index (χ0v) is 11.8. The van der Waals surface area contributed by atoms with Gasteiger partial charge >= 0.3 is 0 Å². The Labute approximate surface area is 109 Å². The predicted octanol–water partition coefficient (Wildman–Crippen LogP) is 3.93. The van der Waals surface area contributed by atoms with Gasteiger partial charge in [0.25, 0.3) is 0 Å². The summed E-state index contributed by atoms with van der Waals surface area (Å²) in [5.74, 6) is 1.39. The lowest BCUT2D eigenvalue weighted by Gasteiger charge is -2.23. The monoisotopic (exact) mass is 256 g/mol. The van der Waals surface area contributed by atoms with Crippen LogP contribution < -0.4 is 4.74 Å². The van der Waals surface area contributed by atoms with Gasteiger partial charge in [0.05, 0.1) is 18.1 Å². The maximum absolute atomic E-state index is 5.90. The van der Waals surface area contributed by atoms with Crippen LogP contribution in [0.5, 0.6) is 5.75 Å². The third-order valence-corrected chi connectivity index (χ3v) is 3.23. The molecule has 0 radical (unpaired) electrons. The van der Waals surface area contributed by atoms with E-state index in [2.05, 4.69) is 13.8 Å². The van der Waals surface area contributed by atoms with Crippen molar-refractivity contribution >= 4 is 11.6 Å². The van der Waals surface area contributed by atoms with Crippen molar-refractivity contribution in [1.82, 2.24) is 0 Å². The van der Waals surface area contributed by atoms with Crippen LogP contribution in [0.25, 0.3) is 0 Å². The number of alkyl halides is 1. The van der Waals surface area contributed by atoms with Gasteiger partial charge in [-0.3, -0.25) is 0 Å². The molecule has 0 atom stereocenters. The summed E-state index contributed by atoms with van der Waals surface area (Å²) < 4.78 is 11.2. The Hall–Kier alpha value is -0.730. The fraction of sp³-hybridized carbons (Fsp3) is 0.571. The summed E-state index contributed by atoms with van der Waals surface area (Å²) in [6.07, 6.45) is 0.847. The molecular formula is C14H21ClO2. The summed E-state index contributed by atoms with van der Waals surface area (Å²) in [5.41, 5.74) is 2.02. The van der Waals surface area contributed by atoms with Gasteiger partial charge in [-0.05, 0) is 26.3 Å². The van der Waals surface area contributed by atoms with Crippen LogP contribution in [0.15, 0.2) is 18.2 Å². The molecule has 1 aromatic carbocycles. The lowest BCUT2D eigenvalue weighted by molar-refractivity contribution is 0.00533. The molecule has 2 nitrogen and oxygen atoms in total. The topological polar surface area (TPSA) is 18.5 Å². The molecule has 0 fully saturated rings. The summed E-state index contributed by atoms with van der Waals surface area (Å²) in [6, 6.07) is 6.03. The van der Waals surface area contributed by atoms with E-state index >= 15 is 0 Å². The van der Waals surface area contributed by atoms with Gasteiger partial charge in [-0.25, -0.2) is 0 Å². The average molecular weight is 257 g/mol. The van der Waals surface area contributed by atoms with E-state index in [1.165, 1.54) is 0 Å². The van der Waals surface area contributed by atoms with Crippen LogP contribution in [0, 0.1) is 6.92 Å². The standard InChI is InChI=1S/C14H21ClO2/c1-11-6-5-7-12(10-15)13(11)17-9-8-14(2,3)16-4/h5-7H,8-10H2,1-4H3. The molecule has 96 valence electrons. The summed E-state index contributed by atoms with van der Waals surface area (Å²) in [5, 5.41) is 0. The molecule has 0 saturated heterocycles. The lowest BCUT2D eigenvalue weighted by atomic mass is 10.1. The van der Waals surface area contributed by atoms with E-state index < -0.39 is 0 Å². The number of hydrogen-bond acceptors (Lipinski definition) is 2. The van der Waals surface area contributed by atoms with E-state index in [1.54, 1.807) is 7.11 Å². The minimum absolute atomic E-state index is 0.149. The summed E-state index contributed by atoms with van der Waals surface area (Å²) in [7, 11) is 1.72. The highest BCUT2D eigenvalue weighted by molar-refractivity contribution is 6.17. The van der Waals surface area contributed by atoms with Gasteiger partial charge < -0.3 is 9.47 Å². The smallest absolute Gasteiger partial charge is 0.126 e. The zero-order chi connectivity index (χ0) is 12.9. The van der Waals surface area contributed by atoms with E-state index in [0.29, 0.717) is 12.5 Å². The second-order valence-corrected chi connectivity index (χ2v) is 5.03. The molecule has 0 amide bonds. The van der Waals surface area contributed by atoms with Gasteiger partial charge in [-0.2, -0.15) is 0 Å². The molecule has 0 N–H and O–H groups in total. The summed E-state index contributed by atoms with van der Waals surface area (Å²) in [4.78, 5) is 0. The summed E-state index contributed by atoms with van der Waals surface area (Å²) >= 11 is 5.90. The lowest BCUT2D eigenvalue weighted by Crippen LogP contribution is -2.25. The van der Waals surface area contributed by atoms with Crippen molar-refractivity contribution in [2.75, 3.05) is 13.7 Å². The minimum atomic E-state index is -0.149. The van der Waals surface area contributed by atoms with Gasteiger partial charge in [-0.1, -0.05) is 18.2 Å². The normalized spacial score (nSPS) is 11.6. The highest BCUT2D eigenvalue weighted by Gasteiger charge is 2.16. The van der Waals surface area contributed by atoms with Crippen molar-refractivity contribution in [3.8, 4) is 5.75 Å². The van der Waals surface area contributed by atoms with Gasteiger partial charge in [0.15, 0.2) is 0 Å². The average Bonchev–Trinajstić information content (AvgIpc) is 2.31. The summed E-state index contributed by atoms with van der Waals surface area (Å²) in [6.45, 7) is 6.77. The third kappa shape index (κ3) is 4.21. The molecule has 0 saturated carbocycles. The van der Waals surface area contributed by atoms with E-state index in [9.17, 15) is 0 Å². The molecule has 0 aliphatic rings. The first-order valence-corrected chi connectivity index (χ1v) is 6.36. The van der Waals surface area contributed by atoms with Crippen molar-refractivity contribution in [2.45, 2.75) is 38.7 Å². The van der Waals surface area contributed by atoms with E-state index in [-0.39, 0.29) is 5.60 Å². The predicted molar refractivity (Wildman–Crippen MR) is 71.9 cm³/mol. The van der Waals surface area contributed by atoms with E-state index in [4.69, 9.17) is 21.1 Å². The van der Waals surface area contributed by atoms with Gasteiger partial charge in [-0.15, -0.1) is 11.6 Å². The van der Waals surface area contributed by atoms with Crippen molar-refractivity contribution in [3.05, 3.63) is 29.3 Å². The molecule has 0 spiro atoms. The number of methoxy groups -OCH3 is 1. The number of para-hydroxylation sites is 1. The minimum Gasteiger partial charge on any atom is -0.493 e. The number of hydrogen-bond donors (Lipinski definition) is 0. The molecule has 17 heavy (non-hydrogen) atoms. The Bertz CT molecular complexity index is 361. The van der Waals surface area contributed by atoms with Crippen molar-refractivity contribution in [1.29, 1.82) is 0 Å². The Morgan fingerprint density at radius 2 is 2.00 bits per heavy atom. The third-order valence-electron chi connectivity index (χ3n) is 2.94. The largest absolute Gasteiger partial charge is 0.493 e. The molecule has 0 aromatic heterocycles. The molecule has 0 aliphatic carbocycles. The first-order chi connectivity index (χ1) is 8.00. The van der Waals surface area contributed by atoms with Crippen LogP contribution in [0.1, 0.15) is 31.4 Å². The Morgan fingerprint density at radius 1 is 1.29 bits per heavy atom. The fourth-order valence-corrected chi connectivity index (χ4v) is 1.74. The van der Waals surface area contributed by atoms with Crippen LogP contribution in [0.4, 0.5) is 0 Å². The van der Waals surface area contributed by atoms with Crippen LogP contribution >= 0.6 is 11.6 Å². The number of benzene rings is 1. The van der Waals surface area contributed by atoms with Crippen LogP contribution in [0.3, 0.4) is 0 Å². The first-order valence-electron chi connectivity index (χ1n) is 5.82. The Kier molecular flexibility index (Phi) is 5.29. The Balaban J connectivity index is 2.63. The maximum atomic E-state index is 5.90. The molecule has 1 rings (SSSR count). The fourth-order valence-electron chi connectivity index (χ4n) is 1.53. The number of rotatable bonds is 6. The second-order valence-electron chi connectivity index (χ2n) is 4.76. The number of ether oxygens (including phenoxy) is 2. The van der Waals surface area contributed by atoms with Gasteiger partial charge in [0, 0.05) is 19.1 Å². The van der Waals surface area contributed by atoms with Gasteiger partial charge in [0.1, 0.15) is 5.75 Å². The van der Waals surface area contributed by atoms with Crippen molar-refractivity contribution in [3.63, 3.8) is 0 Å². The molecule has 0 bridgehead atoms. The molecule has 0 heterocycles. The van der Waals surface area contributed by atoms with Crippen LogP contribution in [-0.2, 0) is 10.6 Å². The Morgan fingerprint density at radius 3 is 2.59 bits per heavy atom. The highest BCUT2D eigenvalue weighted by atomic mass is 35.5. The molecular weight excluding hydrogens is 236 g/mol. The van der Waals surface area contributed by atoms with Crippen molar-refractivity contribution in [2.24, 2.45) is 0 Å². The van der Waals surface area contributed by atoms with Crippen LogP contribution in [0.2, 0.25) is 0 Å². The quantitative estimate of drug-likeness (QED) is 0.718. The zero-order valence-electron chi connectivity index (χ0n) is 11.0. The maximum Gasteiger partial charge on any atom is 0.126 e. The first kappa shape index (κ1) is 14.3. The number of halogens is 1. The second kappa shape index (κ2) is 6.27. The molecule has 3 heteroatoms. The van der Waals surface area contributed by atoms with E-state index in [1.807, 2.05) is 25.1 Å². The van der Waals surface area contributed by atoms with Gasteiger partial charge in [0.2, 0.25) is 0 Å². The van der Waals surface area contributed by atoms with E-state index in [0.717, 1.165) is 23.3 Å². The molecule has 0 aliphatic heterocycles. The number of aryl methyl sites for hydroxylation is 1. The van der Waals surface area contributed by atoms with Crippen LogP contribution in [-0.4, -0.2) is 19.3 Å².